The fourth-order valence-electron chi connectivity index (χ4n) is 3.04. The molecule has 26 heavy (non-hydrogen) atoms. The first-order valence-electron chi connectivity index (χ1n) is 8.45. The monoisotopic (exact) mass is 381 g/mol. The molecule has 2 rings (SSSR count). The number of halogens is 1. The highest BCUT2D eigenvalue weighted by molar-refractivity contribution is 6.39. The van der Waals surface area contributed by atoms with Gasteiger partial charge in [-0.2, -0.15) is 0 Å². The van der Waals surface area contributed by atoms with Crippen molar-refractivity contribution in [2.75, 3.05) is 26.0 Å². The van der Waals surface area contributed by atoms with E-state index >= 15 is 0 Å². The second kappa shape index (κ2) is 8.95. The van der Waals surface area contributed by atoms with Gasteiger partial charge < -0.3 is 21.3 Å². The number of hydrogen-bond acceptors (Lipinski definition) is 5. The highest BCUT2D eigenvalue weighted by atomic mass is 35.5. The van der Waals surface area contributed by atoms with Crippen molar-refractivity contribution in [1.82, 2.24) is 15.2 Å². The van der Waals surface area contributed by atoms with Crippen LogP contribution in [0.3, 0.4) is 0 Å². The van der Waals surface area contributed by atoms with Crippen LogP contribution in [0, 0.1) is 11.8 Å². The lowest BCUT2D eigenvalue weighted by Gasteiger charge is -2.34. The van der Waals surface area contributed by atoms with E-state index in [1.807, 2.05) is 0 Å². The number of carbonyl (C=O) groups is 3. The van der Waals surface area contributed by atoms with Gasteiger partial charge in [0, 0.05) is 38.8 Å². The van der Waals surface area contributed by atoms with Crippen molar-refractivity contribution in [2.45, 2.75) is 25.3 Å². The van der Waals surface area contributed by atoms with Gasteiger partial charge in [0.05, 0.1) is 5.02 Å². The van der Waals surface area contributed by atoms with Crippen molar-refractivity contribution in [1.29, 1.82) is 0 Å². The van der Waals surface area contributed by atoms with Crippen LogP contribution in [0.2, 0.25) is 5.02 Å². The molecule has 9 heteroatoms. The Morgan fingerprint density at radius 3 is 2.58 bits per heavy atom. The number of anilines is 1. The van der Waals surface area contributed by atoms with Crippen molar-refractivity contribution < 1.29 is 14.4 Å². The van der Waals surface area contributed by atoms with E-state index in [9.17, 15) is 14.4 Å². The van der Waals surface area contributed by atoms with Gasteiger partial charge >= 0.3 is 11.8 Å². The van der Waals surface area contributed by atoms with Crippen LogP contribution in [0.5, 0.6) is 0 Å². The maximum Gasteiger partial charge on any atom is 0.314 e. The molecule has 0 aliphatic heterocycles. The number of rotatable bonds is 4. The van der Waals surface area contributed by atoms with E-state index in [1.165, 1.54) is 12.3 Å². The summed E-state index contributed by atoms with van der Waals surface area (Å²) in [4.78, 5) is 41.4. The molecule has 3 atom stereocenters. The number of nitrogens with one attached hydrogen (secondary N) is 2. The smallest absolute Gasteiger partial charge is 0.314 e. The van der Waals surface area contributed by atoms with Crippen molar-refractivity contribution in [3.63, 3.8) is 0 Å². The minimum absolute atomic E-state index is 0.0339. The third kappa shape index (κ3) is 5.40. The Balaban J connectivity index is 1.79. The normalized spacial score (nSPS) is 22.4. The summed E-state index contributed by atoms with van der Waals surface area (Å²) >= 11 is 5.72. The molecule has 1 aliphatic carbocycles. The van der Waals surface area contributed by atoms with E-state index in [-0.39, 0.29) is 29.6 Å². The van der Waals surface area contributed by atoms with Gasteiger partial charge in [-0.05, 0) is 37.3 Å². The summed E-state index contributed by atoms with van der Waals surface area (Å²) in [5.74, 6) is -1.27. The zero-order chi connectivity index (χ0) is 19.3. The van der Waals surface area contributed by atoms with Crippen LogP contribution in [0.15, 0.2) is 18.3 Å². The fourth-order valence-corrected chi connectivity index (χ4v) is 3.15. The quantitative estimate of drug-likeness (QED) is 0.661. The molecule has 1 aromatic rings. The highest BCUT2D eigenvalue weighted by Gasteiger charge is 2.32. The van der Waals surface area contributed by atoms with Gasteiger partial charge in [-0.15, -0.1) is 0 Å². The van der Waals surface area contributed by atoms with Gasteiger partial charge in [-0.25, -0.2) is 4.98 Å². The van der Waals surface area contributed by atoms with E-state index < -0.39 is 11.8 Å². The molecule has 3 amide bonds. The molecule has 1 aromatic heterocycles. The molecule has 0 unspecified atom stereocenters. The molecule has 0 bridgehead atoms. The average Bonchev–Trinajstić information content (AvgIpc) is 2.61. The van der Waals surface area contributed by atoms with Gasteiger partial charge in [0.15, 0.2) is 0 Å². The zero-order valence-corrected chi connectivity index (χ0v) is 15.6. The first kappa shape index (κ1) is 20.1. The minimum atomic E-state index is -0.801. The fraction of sp³-hybridized carbons (Fsp3) is 0.529. The summed E-state index contributed by atoms with van der Waals surface area (Å²) in [6.45, 7) is 0.296. The third-order valence-corrected chi connectivity index (χ3v) is 4.76. The summed E-state index contributed by atoms with van der Waals surface area (Å²) in [6.07, 6.45) is 3.41. The molecule has 4 N–H and O–H groups in total. The Labute approximate surface area is 157 Å². The van der Waals surface area contributed by atoms with Gasteiger partial charge in [0.1, 0.15) is 5.82 Å². The van der Waals surface area contributed by atoms with E-state index in [1.54, 1.807) is 25.1 Å². The number of nitrogens with two attached hydrogens (primary N) is 1. The summed E-state index contributed by atoms with van der Waals surface area (Å²) in [5, 5.41) is 5.44. The van der Waals surface area contributed by atoms with Crippen molar-refractivity contribution in [3.05, 3.63) is 23.4 Å². The first-order chi connectivity index (χ1) is 12.3. The molecule has 0 aromatic carbocycles. The number of nitrogens with zero attached hydrogens (tertiary/aromatic N) is 2. The maximum absolute atomic E-state index is 12.0. The minimum Gasteiger partial charge on any atom is -0.349 e. The van der Waals surface area contributed by atoms with Crippen LogP contribution < -0.4 is 16.4 Å². The molecule has 0 spiro atoms. The van der Waals surface area contributed by atoms with Crippen molar-refractivity contribution >= 4 is 35.1 Å². The standard InChI is InChI=1S/C17H24ClN5O3/c1-23(2)17(26)10-3-4-11(13(19)7-10)8-21-15(24)16(25)22-14-6-5-12(18)9-20-14/h5-6,9-11,13H,3-4,7-8,19H2,1-2H3,(H,21,24)(H,20,22,25)/t10-,11+,13+/m0/s1. The summed E-state index contributed by atoms with van der Waals surface area (Å²) < 4.78 is 0. The molecule has 1 heterocycles. The van der Waals surface area contributed by atoms with Crippen LogP contribution in [-0.2, 0) is 14.4 Å². The Hall–Kier alpha value is -2.19. The number of hydrogen-bond donors (Lipinski definition) is 3. The Morgan fingerprint density at radius 1 is 1.27 bits per heavy atom. The van der Waals surface area contributed by atoms with Crippen LogP contribution in [-0.4, -0.2) is 54.3 Å². The van der Waals surface area contributed by atoms with Crippen molar-refractivity contribution in [2.24, 2.45) is 17.6 Å². The largest absolute Gasteiger partial charge is 0.349 e. The van der Waals surface area contributed by atoms with E-state index in [0.29, 0.717) is 18.0 Å². The molecule has 8 nitrogen and oxygen atoms in total. The molecule has 0 saturated heterocycles. The topological polar surface area (TPSA) is 117 Å². The second-order valence-electron chi connectivity index (χ2n) is 6.69. The van der Waals surface area contributed by atoms with E-state index in [0.717, 1.165) is 12.8 Å². The van der Waals surface area contributed by atoms with Gasteiger partial charge in [-0.3, -0.25) is 14.4 Å². The van der Waals surface area contributed by atoms with E-state index in [4.69, 9.17) is 17.3 Å². The number of aromatic nitrogens is 1. The maximum atomic E-state index is 12.0. The van der Waals surface area contributed by atoms with Crippen molar-refractivity contribution in [3.8, 4) is 0 Å². The molecule has 0 radical (unpaired) electrons. The molecule has 1 aliphatic rings. The third-order valence-electron chi connectivity index (χ3n) is 4.54. The van der Waals surface area contributed by atoms with Gasteiger partial charge in [0.2, 0.25) is 5.91 Å². The number of pyridine rings is 1. The first-order valence-corrected chi connectivity index (χ1v) is 8.83. The molecule has 142 valence electrons. The van der Waals surface area contributed by atoms with Crippen LogP contribution in [0.4, 0.5) is 5.82 Å². The Morgan fingerprint density at radius 2 is 2.00 bits per heavy atom. The predicted molar refractivity (Wildman–Crippen MR) is 98.4 cm³/mol. The summed E-state index contributed by atoms with van der Waals surface area (Å²) in [6, 6.07) is 2.88. The predicted octanol–water partition coefficient (Wildman–Crippen LogP) is 0.622. The molecular weight excluding hydrogens is 358 g/mol. The van der Waals surface area contributed by atoms with Crippen LogP contribution in [0.1, 0.15) is 19.3 Å². The number of carbonyl (C=O) groups excluding carboxylic acids is 3. The van der Waals surface area contributed by atoms with E-state index in [2.05, 4.69) is 15.6 Å². The van der Waals surface area contributed by atoms with Gasteiger partial charge in [-0.1, -0.05) is 11.6 Å². The number of amides is 3. The summed E-state index contributed by atoms with van der Waals surface area (Å²) in [7, 11) is 3.46. The SMILES string of the molecule is CN(C)C(=O)[C@H]1CC[C@H](CNC(=O)C(=O)Nc2ccc(Cl)cn2)[C@H](N)C1. The molecular formula is C17H24ClN5O3. The molecule has 1 saturated carbocycles. The lowest BCUT2D eigenvalue weighted by Crippen LogP contribution is -2.47. The lowest BCUT2D eigenvalue weighted by molar-refractivity contribution is -0.136. The Kier molecular flexibility index (Phi) is 6.93. The highest BCUT2D eigenvalue weighted by Crippen LogP contribution is 2.28. The Bertz CT molecular complexity index is 665. The average molecular weight is 382 g/mol. The lowest BCUT2D eigenvalue weighted by atomic mass is 9.78. The van der Waals surface area contributed by atoms with Gasteiger partial charge in [0.25, 0.3) is 0 Å². The van der Waals surface area contributed by atoms with Crippen LogP contribution in [0.25, 0.3) is 0 Å². The summed E-state index contributed by atoms with van der Waals surface area (Å²) in [5.41, 5.74) is 6.16. The zero-order valence-electron chi connectivity index (χ0n) is 14.9. The molecule has 1 fully saturated rings. The second-order valence-corrected chi connectivity index (χ2v) is 7.13. The van der Waals surface area contributed by atoms with Crippen LogP contribution >= 0.6 is 11.6 Å².